The molecule has 0 aliphatic heterocycles. The summed E-state index contributed by atoms with van der Waals surface area (Å²) in [6.07, 6.45) is 0. The summed E-state index contributed by atoms with van der Waals surface area (Å²) in [4.78, 5) is 22.6. The molecule has 0 saturated heterocycles. The van der Waals surface area contributed by atoms with Gasteiger partial charge in [0.2, 0.25) is 0 Å². The number of ether oxygens (including phenoxy) is 1. The lowest BCUT2D eigenvalue weighted by Gasteiger charge is -2.11. The van der Waals surface area contributed by atoms with E-state index in [9.17, 15) is 4.79 Å². The second kappa shape index (κ2) is 6.80. The molecule has 1 aromatic carbocycles. The van der Waals surface area contributed by atoms with Crippen LogP contribution in [-0.2, 0) is 4.74 Å². The van der Waals surface area contributed by atoms with Crippen LogP contribution >= 0.6 is 11.3 Å². The smallest absolute Gasteiger partial charge is 0.348 e. The van der Waals surface area contributed by atoms with Gasteiger partial charge in [-0.05, 0) is 51.8 Å². The molecule has 2 heterocycles. The third-order valence-corrected chi connectivity index (χ3v) is 5.16. The fraction of sp³-hybridized carbons (Fsp3) is 0.316. The fourth-order valence-corrected chi connectivity index (χ4v) is 3.93. The van der Waals surface area contributed by atoms with Gasteiger partial charge in [0, 0.05) is 5.69 Å². The largest absolute Gasteiger partial charge is 0.462 e. The molecule has 6 heteroatoms. The van der Waals surface area contributed by atoms with Gasteiger partial charge in [0.05, 0.1) is 12.0 Å². The van der Waals surface area contributed by atoms with Crippen LogP contribution in [-0.4, -0.2) is 22.5 Å². The number of benzene rings is 1. The van der Waals surface area contributed by atoms with Gasteiger partial charge in [-0.1, -0.05) is 17.7 Å². The average molecular weight is 355 g/mol. The minimum Gasteiger partial charge on any atom is -0.462 e. The van der Waals surface area contributed by atoms with Crippen LogP contribution in [0.4, 0.5) is 11.5 Å². The second-order valence-corrected chi connectivity index (χ2v) is 7.02. The van der Waals surface area contributed by atoms with E-state index in [1.54, 1.807) is 6.92 Å². The van der Waals surface area contributed by atoms with E-state index in [2.05, 4.69) is 41.3 Å². The van der Waals surface area contributed by atoms with Crippen LogP contribution in [0.15, 0.2) is 18.2 Å². The van der Waals surface area contributed by atoms with E-state index in [1.807, 2.05) is 19.9 Å². The number of nitrogens with one attached hydrogen (secondary N) is 1. The molecule has 0 bridgehead atoms. The van der Waals surface area contributed by atoms with Crippen LogP contribution in [0.2, 0.25) is 0 Å². The van der Waals surface area contributed by atoms with E-state index in [0.717, 1.165) is 32.8 Å². The SMILES string of the molecule is CCOC(=O)c1sc2nc(C)nc(Nc3ccc(C)cc3C)c2c1C. The molecule has 0 aliphatic carbocycles. The number of hydrogen-bond donors (Lipinski definition) is 1. The van der Waals surface area contributed by atoms with Crippen molar-refractivity contribution in [3.63, 3.8) is 0 Å². The Hall–Kier alpha value is -2.47. The highest BCUT2D eigenvalue weighted by molar-refractivity contribution is 7.20. The van der Waals surface area contributed by atoms with E-state index in [1.165, 1.54) is 16.9 Å². The second-order valence-electron chi connectivity index (χ2n) is 6.02. The van der Waals surface area contributed by atoms with Crippen molar-refractivity contribution in [2.24, 2.45) is 0 Å². The molecule has 0 spiro atoms. The molecule has 3 aromatic rings. The van der Waals surface area contributed by atoms with E-state index in [4.69, 9.17) is 4.74 Å². The monoisotopic (exact) mass is 355 g/mol. The predicted molar refractivity (Wildman–Crippen MR) is 102 cm³/mol. The molecular formula is C19H21N3O2S. The van der Waals surface area contributed by atoms with E-state index < -0.39 is 0 Å². The summed E-state index contributed by atoms with van der Waals surface area (Å²) >= 11 is 1.35. The first kappa shape index (κ1) is 17.4. The molecule has 0 fully saturated rings. The first-order chi connectivity index (χ1) is 11.9. The van der Waals surface area contributed by atoms with Crippen molar-refractivity contribution in [2.75, 3.05) is 11.9 Å². The van der Waals surface area contributed by atoms with E-state index in [-0.39, 0.29) is 5.97 Å². The zero-order chi connectivity index (χ0) is 18.1. The van der Waals surface area contributed by atoms with Crippen molar-refractivity contribution in [1.29, 1.82) is 0 Å². The normalized spacial score (nSPS) is 10.9. The van der Waals surface area contributed by atoms with Gasteiger partial charge >= 0.3 is 5.97 Å². The van der Waals surface area contributed by atoms with Gasteiger partial charge in [0.1, 0.15) is 21.3 Å². The Labute approximate surface area is 151 Å². The summed E-state index contributed by atoms with van der Waals surface area (Å²) in [7, 11) is 0. The quantitative estimate of drug-likeness (QED) is 0.678. The first-order valence-electron chi connectivity index (χ1n) is 8.19. The summed E-state index contributed by atoms with van der Waals surface area (Å²) < 4.78 is 5.16. The molecule has 2 aromatic heterocycles. The van der Waals surface area contributed by atoms with Gasteiger partial charge in [-0.15, -0.1) is 11.3 Å². The number of rotatable bonds is 4. The minimum atomic E-state index is -0.307. The van der Waals surface area contributed by atoms with Gasteiger partial charge in [-0.3, -0.25) is 0 Å². The Morgan fingerprint density at radius 2 is 1.96 bits per heavy atom. The van der Waals surface area contributed by atoms with Gasteiger partial charge in [-0.2, -0.15) is 0 Å². The van der Waals surface area contributed by atoms with E-state index >= 15 is 0 Å². The van der Waals surface area contributed by atoms with Crippen LogP contribution in [0.3, 0.4) is 0 Å². The summed E-state index contributed by atoms with van der Waals surface area (Å²) in [6.45, 7) is 10.1. The Morgan fingerprint density at radius 3 is 2.64 bits per heavy atom. The van der Waals surface area contributed by atoms with Crippen LogP contribution in [0.1, 0.15) is 39.1 Å². The number of esters is 1. The number of carbonyl (C=O) groups is 1. The molecule has 0 saturated carbocycles. The third-order valence-electron chi connectivity index (χ3n) is 4.00. The highest BCUT2D eigenvalue weighted by atomic mass is 32.1. The number of anilines is 2. The Bertz CT molecular complexity index is 963. The lowest BCUT2D eigenvalue weighted by atomic mass is 10.1. The molecule has 0 aliphatic rings. The zero-order valence-electron chi connectivity index (χ0n) is 15.1. The van der Waals surface area contributed by atoms with Crippen LogP contribution in [0.5, 0.6) is 0 Å². The van der Waals surface area contributed by atoms with Crippen molar-refractivity contribution in [3.05, 3.63) is 45.6 Å². The highest BCUT2D eigenvalue weighted by Crippen LogP contribution is 2.36. The maximum Gasteiger partial charge on any atom is 0.348 e. The number of nitrogens with zero attached hydrogens (tertiary/aromatic N) is 2. The zero-order valence-corrected chi connectivity index (χ0v) is 15.9. The number of thiophene rings is 1. The van der Waals surface area contributed by atoms with Crippen LogP contribution in [0.25, 0.3) is 10.2 Å². The minimum absolute atomic E-state index is 0.307. The first-order valence-corrected chi connectivity index (χ1v) is 9.01. The molecule has 0 amide bonds. The van der Waals surface area contributed by atoms with Crippen molar-refractivity contribution < 1.29 is 9.53 Å². The summed E-state index contributed by atoms with van der Waals surface area (Å²) in [5, 5.41) is 4.29. The lowest BCUT2D eigenvalue weighted by molar-refractivity contribution is 0.0531. The van der Waals surface area contributed by atoms with Gasteiger partial charge in [-0.25, -0.2) is 14.8 Å². The fourth-order valence-electron chi connectivity index (χ4n) is 2.81. The standard InChI is InChI=1S/C19H21N3O2S/c1-6-24-19(23)16-12(4)15-17(20-13(5)21-18(15)25-16)22-14-8-7-10(2)9-11(14)3/h7-9H,6H2,1-5H3,(H,20,21,22). The van der Waals surface area contributed by atoms with Gasteiger partial charge < -0.3 is 10.1 Å². The maximum absolute atomic E-state index is 12.2. The molecule has 3 rings (SSSR count). The van der Waals surface area contributed by atoms with Crippen molar-refractivity contribution in [2.45, 2.75) is 34.6 Å². The Morgan fingerprint density at radius 1 is 1.20 bits per heavy atom. The topological polar surface area (TPSA) is 64.1 Å². The molecule has 0 radical (unpaired) electrons. The molecule has 1 N–H and O–H groups in total. The Balaban J connectivity index is 2.12. The van der Waals surface area contributed by atoms with Crippen molar-refractivity contribution in [1.82, 2.24) is 9.97 Å². The summed E-state index contributed by atoms with van der Waals surface area (Å²) in [6, 6.07) is 6.23. The highest BCUT2D eigenvalue weighted by Gasteiger charge is 2.21. The predicted octanol–water partition coefficient (Wildman–Crippen LogP) is 4.85. The van der Waals surface area contributed by atoms with Gasteiger partial charge in [0.15, 0.2) is 0 Å². The van der Waals surface area contributed by atoms with E-state index in [0.29, 0.717) is 17.3 Å². The number of carbonyl (C=O) groups excluding carboxylic acids is 1. The number of hydrogen-bond acceptors (Lipinski definition) is 6. The molecule has 25 heavy (non-hydrogen) atoms. The molecule has 0 unspecified atom stereocenters. The number of fused-ring (bicyclic) bond motifs is 1. The van der Waals surface area contributed by atoms with Crippen LogP contribution < -0.4 is 5.32 Å². The van der Waals surface area contributed by atoms with Crippen LogP contribution in [0, 0.1) is 27.7 Å². The number of aryl methyl sites for hydroxylation is 4. The lowest BCUT2D eigenvalue weighted by Crippen LogP contribution is -2.04. The third kappa shape index (κ3) is 3.35. The maximum atomic E-state index is 12.2. The van der Waals surface area contributed by atoms with Gasteiger partial charge in [0.25, 0.3) is 0 Å². The molecule has 0 atom stereocenters. The molecule has 130 valence electrons. The number of aromatic nitrogens is 2. The molecular weight excluding hydrogens is 334 g/mol. The van der Waals surface area contributed by atoms with Crippen molar-refractivity contribution in [3.8, 4) is 0 Å². The average Bonchev–Trinajstić information content (AvgIpc) is 2.87. The Kier molecular flexibility index (Phi) is 4.72. The molecule has 5 nitrogen and oxygen atoms in total. The van der Waals surface area contributed by atoms with Crippen molar-refractivity contribution >= 4 is 39.0 Å². The summed E-state index contributed by atoms with van der Waals surface area (Å²) in [5.74, 6) is 1.08. The summed E-state index contributed by atoms with van der Waals surface area (Å²) in [5.41, 5.74) is 4.20.